The van der Waals surface area contributed by atoms with Gasteiger partial charge in [0.25, 0.3) is 0 Å². The molecule has 0 radical (unpaired) electrons. The molecule has 61 heavy (non-hydrogen) atoms. The zero-order valence-electron chi connectivity index (χ0n) is 41.4. The molecule has 0 aromatic rings. The number of amides is 1. The van der Waals surface area contributed by atoms with Gasteiger partial charge in [0, 0.05) is 0 Å². The van der Waals surface area contributed by atoms with E-state index in [9.17, 15) is 25.2 Å². The molecule has 0 saturated heterocycles. The monoisotopic (exact) mass is 866 g/mol. The number of nitrogens with one attached hydrogen (secondary N) is 1. The lowest BCUT2D eigenvalue weighted by Gasteiger charge is -2.27. The van der Waals surface area contributed by atoms with E-state index in [4.69, 9.17) is 0 Å². The summed E-state index contributed by atoms with van der Waals surface area (Å²) in [5, 5.41) is 43.6. The van der Waals surface area contributed by atoms with Gasteiger partial charge < -0.3 is 25.7 Å². The Bertz CT molecular complexity index is 841. The van der Waals surface area contributed by atoms with Crippen LogP contribution in [0.25, 0.3) is 0 Å². The number of hydrogen-bond acceptors (Lipinski definition) is 5. The van der Waals surface area contributed by atoms with Crippen molar-refractivity contribution in [1.29, 1.82) is 0 Å². The summed E-state index contributed by atoms with van der Waals surface area (Å²) in [5.41, 5.74) is 0. The second kappa shape index (κ2) is 50.3. The molecule has 0 aliphatic rings. The van der Waals surface area contributed by atoms with Crippen molar-refractivity contribution in [2.24, 2.45) is 0 Å². The molecule has 0 aliphatic heterocycles. The largest absolute Gasteiger partial charge is 0.394 e. The third-order valence-corrected chi connectivity index (χ3v) is 13.6. The lowest BCUT2D eigenvalue weighted by molar-refractivity contribution is -0.132. The van der Waals surface area contributed by atoms with Gasteiger partial charge in [0.15, 0.2) is 0 Å². The van der Waals surface area contributed by atoms with Crippen LogP contribution in [0.15, 0.2) is 0 Å². The van der Waals surface area contributed by atoms with Crippen molar-refractivity contribution in [3.8, 4) is 0 Å². The number of rotatable bonds is 52. The number of hydrogen-bond donors (Lipinski definition) is 5. The molecule has 0 saturated carbocycles. The predicted octanol–water partition coefficient (Wildman–Crippen LogP) is 15.9. The molecule has 5 N–H and O–H groups in total. The van der Waals surface area contributed by atoms with Crippen molar-refractivity contribution in [1.82, 2.24) is 5.32 Å². The molecule has 0 aromatic heterocycles. The van der Waals surface area contributed by atoms with E-state index in [1.807, 2.05) is 0 Å². The Kier molecular flexibility index (Phi) is 49.7. The molecule has 4 unspecified atom stereocenters. The quantitative estimate of drug-likeness (QED) is 0.0391. The summed E-state index contributed by atoms with van der Waals surface area (Å²) in [7, 11) is 0. The van der Waals surface area contributed by atoms with Crippen LogP contribution >= 0.6 is 0 Å². The van der Waals surface area contributed by atoms with E-state index in [0.29, 0.717) is 12.8 Å². The maximum Gasteiger partial charge on any atom is 0.249 e. The van der Waals surface area contributed by atoms with Crippen LogP contribution in [-0.2, 0) is 4.79 Å². The van der Waals surface area contributed by atoms with Crippen molar-refractivity contribution >= 4 is 5.91 Å². The van der Waals surface area contributed by atoms with Gasteiger partial charge in [-0.25, -0.2) is 0 Å². The van der Waals surface area contributed by atoms with E-state index in [2.05, 4.69) is 19.2 Å². The molecule has 1 amide bonds. The molecule has 0 rings (SSSR count). The zero-order chi connectivity index (χ0) is 44.5. The molecular weight excluding hydrogens is 755 g/mol. The number of carbonyl (C=O) groups excluding carboxylic acids is 1. The third kappa shape index (κ3) is 44.3. The van der Waals surface area contributed by atoms with Crippen LogP contribution in [0.1, 0.15) is 316 Å². The van der Waals surface area contributed by atoms with Gasteiger partial charge in [0.1, 0.15) is 12.2 Å². The van der Waals surface area contributed by atoms with Gasteiger partial charge in [-0.15, -0.1) is 0 Å². The van der Waals surface area contributed by atoms with Crippen LogP contribution < -0.4 is 5.32 Å². The Balaban J connectivity index is 3.43. The second-order valence-electron chi connectivity index (χ2n) is 19.7. The maximum absolute atomic E-state index is 12.5. The van der Waals surface area contributed by atoms with Gasteiger partial charge in [0.05, 0.1) is 18.8 Å². The zero-order valence-corrected chi connectivity index (χ0v) is 41.4. The van der Waals surface area contributed by atoms with Crippen LogP contribution in [0.3, 0.4) is 0 Å². The van der Waals surface area contributed by atoms with E-state index in [-0.39, 0.29) is 0 Å². The molecule has 0 fully saturated rings. The van der Waals surface area contributed by atoms with Gasteiger partial charge in [-0.2, -0.15) is 0 Å². The fraction of sp³-hybridized carbons (Fsp3) is 0.982. The van der Waals surface area contributed by atoms with Gasteiger partial charge in [0.2, 0.25) is 5.91 Å². The number of aliphatic hydroxyl groups excluding tert-OH is 4. The second-order valence-corrected chi connectivity index (χ2v) is 19.7. The highest BCUT2D eigenvalue weighted by Gasteiger charge is 2.28. The summed E-state index contributed by atoms with van der Waals surface area (Å²) in [4.78, 5) is 12.5. The summed E-state index contributed by atoms with van der Waals surface area (Å²) in [6.07, 6.45) is 57.9. The van der Waals surface area contributed by atoms with Crippen molar-refractivity contribution in [3.63, 3.8) is 0 Å². The Labute approximate surface area is 381 Å². The van der Waals surface area contributed by atoms with Gasteiger partial charge in [-0.1, -0.05) is 303 Å². The number of aliphatic hydroxyl groups is 4. The highest BCUT2D eigenvalue weighted by Crippen LogP contribution is 2.19. The van der Waals surface area contributed by atoms with E-state index in [1.165, 1.54) is 250 Å². The van der Waals surface area contributed by atoms with Crippen molar-refractivity contribution in [3.05, 3.63) is 0 Å². The van der Waals surface area contributed by atoms with Crippen LogP contribution in [0.2, 0.25) is 0 Å². The predicted molar refractivity (Wildman–Crippen MR) is 265 cm³/mol. The first kappa shape index (κ1) is 60.3. The fourth-order valence-electron chi connectivity index (χ4n) is 9.17. The van der Waals surface area contributed by atoms with E-state index < -0.39 is 36.9 Å². The number of carbonyl (C=O) groups is 1. The van der Waals surface area contributed by atoms with Crippen molar-refractivity contribution in [2.75, 3.05) is 6.61 Å². The average molecular weight is 866 g/mol. The van der Waals surface area contributed by atoms with Gasteiger partial charge in [-0.05, 0) is 12.8 Å². The van der Waals surface area contributed by atoms with Crippen LogP contribution in [-0.4, -0.2) is 57.3 Å². The highest BCUT2D eigenvalue weighted by molar-refractivity contribution is 5.80. The van der Waals surface area contributed by atoms with Crippen molar-refractivity contribution < 1.29 is 25.2 Å². The maximum atomic E-state index is 12.5. The van der Waals surface area contributed by atoms with Crippen molar-refractivity contribution in [2.45, 2.75) is 340 Å². The third-order valence-electron chi connectivity index (χ3n) is 13.6. The summed E-state index contributed by atoms with van der Waals surface area (Å²) >= 11 is 0. The Morgan fingerprint density at radius 2 is 0.557 bits per heavy atom. The molecule has 0 heterocycles. The molecule has 6 heteroatoms. The standard InChI is InChI=1S/C55H111NO5/c1-3-5-7-9-11-13-14-15-16-17-18-19-20-21-22-23-24-25-26-27-28-29-30-31-32-33-34-35-36-37-38-39-41-43-45-47-49-53(59)55(61)56-51(50-57)54(60)52(58)48-46-44-42-40-12-10-8-6-4-2/h51-54,57-60H,3-50H2,1-2H3,(H,56,61). The highest BCUT2D eigenvalue weighted by atomic mass is 16.3. The Morgan fingerprint density at radius 3 is 0.787 bits per heavy atom. The molecule has 0 aliphatic carbocycles. The molecule has 366 valence electrons. The average Bonchev–Trinajstić information content (AvgIpc) is 3.26. The van der Waals surface area contributed by atoms with Crippen LogP contribution in [0, 0.1) is 0 Å². The van der Waals surface area contributed by atoms with E-state index >= 15 is 0 Å². The fourth-order valence-corrected chi connectivity index (χ4v) is 9.17. The van der Waals surface area contributed by atoms with Gasteiger partial charge in [-0.3, -0.25) is 4.79 Å². The molecule has 4 atom stereocenters. The topological polar surface area (TPSA) is 110 Å². The summed E-state index contributed by atoms with van der Waals surface area (Å²) < 4.78 is 0. The molecule has 0 aromatic carbocycles. The SMILES string of the molecule is CCCCCCCCCCCCCCCCCCCCCCCCCCCCCCCCCCCCCCC(O)C(=O)NC(CO)C(O)C(O)CCCCCCCCCCC. The summed E-state index contributed by atoms with van der Waals surface area (Å²) in [6.45, 7) is 4.05. The smallest absolute Gasteiger partial charge is 0.249 e. The Morgan fingerprint density at radius 1 is 0.344 bits per heavy atom. The van der Waals surface area contributed by atoms with E-state index in [0.717, 1.165) is 38.5 Å². The normalized spacial score (nSPS) is 13.7. The minimum absolute atomic E-state index is 0.376. The summed E-state index contributed by atoms with van der Waals surface area (Å²) in [5.74, 6) is -0.579. The molecular formula is C55H111NO5. The van der Waals surface area contributed by atoms with Crippen LogP contribution in [0.5, 0.6) is 0 Å². The lowest BCUT2D eigenvalue weighted by atomic mass is 9.99. The van der Waals surface area contributed by atoms with Gasteiger partial charge >= 0.3 is 0 Å². The minimum atomic E-state index is -1.25. The lowest BCUT2D eigenvalue weighted by Crippen LogP contribution is -2.53. The first-order valence-electron chi connectivity index (χ1n) is 27.9. The minimum Gasteiger partial charge on any atom is -0.394 e. The number of unbranched alkanes of at least 4 members (excludes halogenated alkanes) is 43. The molecule has 0 spiro atoms. The van der Waals surface area contributed by atoms with E-state index in [1.54, 1.807) is 0 Å². The first-order chi connectivity index (χ1) is 30.0. The Hall–Kier alpha value is -0.690. The first-order valence-corrected chi connectivity index (χ1v) is 27.9. The molecule has 6 nitrogen and oxygen atoms in total. The van der Waals surface area contributed by atoms with Crippen LogP contribution in [0.4, 0.5) is 0 Å². The molecule has 0 bridgehead atoms. The summed E-state index contributed by atoms with van der Waals surface area (Å²) in [6, 6.07) is -0.978.